The summed E-state index contributed by atoms with van der Waals surface area (Å²) in [6, 6.07) is 15.2. The highest BCUT2D eigenvalue weighted by atomic mass is 14.9. The molecule has 1 aromatic carbocycles. The normalized spacial score (nSPS) is 14.2. The molecule has 0 aliphatic carbocycles. The monoisotopic (exact) mass is 226 g/mol. The predicted molar refractivity (Wildman–Crippen MR) is 70.6 cm³/mol. The molecule has 1 N–H and O–H groups in total. The second kappa shape index (κ2) is 5.60. The third kappa shape index (κ3) is 3.14. The van der Waals surface area contributed by atoms with Gasteiger partial charge in [0.2, 0.25) is 0 Å². The molecular weight excluding hydrogens is 208 g/mol. The fourth-order valence-electron chi connectivity index (χ4n) is 1.94. The van der Waals surface area contributed by atoms with E-state index >= 15 is 0 Å². The van der Waals surface area contributed by atoms with Crippen molar-refractivity contribution in [1.29, 1.82) is 0 Å². The summed E-state index contributed by atoms with van der Waals surface area (Å²) in [5, 5.41) is 3.57. The van der Waals surface area contributed by atoms with E-state index in [1.54, 1.807) is 6.20 Å². The number of benzene rings is 1. The van der Waals surface area contributed by atoms with Gasteiger partial charge in [0.25, 0.3) is 0 Å². The lowest BCUT2D eigenvalue weighted by atomic mass is 10.1. The minimum Gasteiger partial charge on any atom is -0.304 e. The van der Waals surface area contributed by atoms with Crippen LogP contribution in [0, 0.1) is 0 Å². The van der Waals surface area contributed by atoms with Gasteiger partial charge in [0.15, 0.2) is 0 Å². The molecular formula is C15H18N2. The van der Waals surface area contributed by atoms with Gasteiger partial charge in [-0.3, -0.25) is 4.98 Å². The molecule has 0 radical (unpaired) electrons. The molecule has 2 rings (SSSR count). The van der Waals surface area contributed by atoms with E-state index in [1.807, 2.05) is 18.3 Å². The summed E-state index contributed by atoms with van der Waals surface area (Å²) in [5.74, 6) is 0. The van der Waals surface area contributed by atoms with Crippen LogP contribution in [0.3, 0.4) is 0 Å². The minimum absolute atomic E-state index is 0.305. The maximum Gasteiger partial charge on any atom is 0.0315 e. The molecule has 2 nitrogen and oxygen atoms in total. The lowest BCUT2D eigenvalue weighted by molar-refractivity contribution is 0.494. The predicted octanol–water partition coefficient (Wildman–Crippen LogP) is 3.49. The molecule has 1 heterocycles. The number of hydrogen-bond donors (Lipinski definition) is 1. The molecule has 1 unspecified atom stereocenters. The number of hydrogen-bond acceptors (Lipinski definition) is 2. The Morgan fingerprint density at radius 1 is 0.882 bits per heavy atom. The van der Waals surface area contributed by atoms with Crippen molar-refractivity contribution in [1.82, 2.24) is 10.3 Å². The molecule has 2 heteroatoms. The van der Waals surface area contributed by atoms with Crippen LogP contribution in [0.15, 0.2) is 54.9 Å². The molecule has 0 saturated carbocycles. The first kappa shape index (κ1) is 11.8. The Balaban J connectivity index is 2.02. The maximum atomic E-state index is 4.15. The van der Waals surface area contributed by atoms with Crippen LogP contribution in [0.2, 0.25) is 0 Å². The SMILES string of the molecule is CC(N[C@H](C)c1ccccc1)c1cccnc1. The van der Waals surface area contributed by atoms with E-state index < -0.39 is 0 Å². The molecule has 0 spiro atoms. The number of aromatic nitrogens is 1. The Morgan fingerprint density at radius 3 is 2.18 bits per heavy atom. The Morgan fingerprint density at radius 2 is 1.53 bits per heavy atom. The fourth-order valence-corrected chi connectivity index (χ4v) is 1.94. The zero-order valence-electron chi connectivity index (χ0n) is 10.3. The zero-order valence-corrected chi connectivity index (χ0v) is 10.3. The zero-order chi connectivity index (χ0) is 12.1. The van der Waals surface area contributed by atoms with Gasteiger partial charge in [-0.15, -0.1) is 0 Å². The smallest absolute Gasteiger partial charge is 0.0315 e. The Kier molecular flexibility index (Phi) is 3.89. The van der Waals surface area contributed by atoms with Crippen molar-refractivity contribution in [3.8, 4) is 0 Å². The highest BCUT2D eigenvalue weighted by molar-refractivity contribution is 5.19. The maximum absolute atomic E-state index is 4.15. The van der Waals surface area contributed by atoms with Crippen LogP contribution in [0.1, 0.15) is 37.1 Å². The van der Waals surface area contributed by atoms with Crippen molar-refractivity contribution in [3.05, 3.63) is 66.0 Å². The van der Waals surface area contributed by atoms with Crippen molar-refractivity contribution >= 4 is 0 Å². The van der Waals surface area contributed by atoms with Crippen molar-refractivity contribution in [2.75, 3.05) is 0 Å². The van der Waals surface area contributed by atoms with E-state index in [4.69, 9.17) is 0 Å². The van der Waals surface area contributed by atoms with Gasteiger partial charge >= 0.3 is 0 Å². The topological polar surface area (TPSA) is 24.9 Å². The second-order valence-electron chi connectivity index (χ2n) is 4.31. The molecule has 0 fully saturated rings. The standard InChI is InChI=1S/C15H18N2/c1-12(14-7-4-3-5-8-14)17-13(2)15-9-6-10-16-11-15/h3-13,17H,1-2H3/t12-,13?/m1/s1. The van der Waals surface area contributed by atoms with Gasteiger partial charge < -0.3 is 5.32 Å². The summed E-state index contributed by atoms with van der Waals surface area (Å²) in [5.41, 5.74) is 2.53. The van der Waals surface area contributed by atoms with Crippen LogP contribution in [0.4, 0.5) is 0 Å². The van der Waals surface area contributed by atoms with E-state index in [-0.39, 0.29) is 0 Å². The molecule has 2 atom stereocenters. The first-order valence-corrected chi connectivity index (χ1v) is 5.98. The largest absolute Gasteiger partial charge is 0.304 e. The van der Waals surface area contributed by atoms with E-state index in [0.29, 0.717) is 12.1 Å². The minimum atomic E-state index is 0.305. The van der Waals surface area contributed by atoms with Crippen molar-refractivity contribution in [2.45, 2.75) is 25.9 Å². The molecule has 1 aromatic heterocycles. The third-order valence-electron chi connectivity index (χ3n) is 2.98. The average Bonchev–Trinajstić information content (AvgIpc) is 2.40. The van der Waals surface area contributed by atoms with Crippen LogP contribution < -0.4 is 5.32 Å². The fraction of sp³-hybridized carbons (Fsp3) is 0.267. The highest BCUT2D eigenvalue weighted by Crippen LogP contribution is 2.18. The highest BCUT2D eigenvalue weighted by Gasteiger charge is 2.10. The van der Waals surface area contributed by atoms with E-state index in [9.17, 15) is 0 Å². The molecule has 0 bridgehead atoms. The first-order chi connectivity index (χ1) is 8.27. The lowest BCUT2D eigenvalue weighted by Crippen LogP contribution is -2.22. The third-order valence-corrected chi connectivity index (χ3v) is 2.98. The molecule has 88 valence electrons. The van der Waals surface area contributed by atoms with Gasteiger partial charge in [0, 0.05) is 24.5 Å². The summed E-state index contributed by atoms with van der Waals surface area (Å²) < 4.78 is 0. The van der Waals surface area contributed by atoms with Crippen molar-refractivity contribution in [2.24, 2.45) is 0 Å². The number of pyridine rings is 1. The van der Waals surface area contributed by atoms with Crippen LogP contribution in [0.25, 0.3) is 0 Å². The van der Waals surface area contributed by atoms with Gasteiger partial charge in [-0.2, -0.15) is 0 Å². The van der Waals surface area contributed by atoms with Crippen LogP contribution in [-0.2, 0) is 0 Å². The Labute approximate surface area is 103 Å². The van der Waals surface area contributed by atoms with Crippen LogP contribution >= 0.6 is 0 Å². The van der Waals surface area contributed by atoms with Crippen molar-refractivity contribution in [3.63, 3.8) is 0 Å². The summed E-state index contributed by atoms with van der Waals surface area (Å²) in [4.78, 5) is 4.15. The summed E-state index contributed by atoms with van der Waals surface area (Å²) in [6.45, 7) is 4.35. The Bertz CT molecular complexity index is 395. The number of nitrogens with zero attached hydrogens (tertiary/aromatic N) is 1. The lowest BCUT2D eigenvalue weighted by Gasteiger charge is -2.20. The van der Waals surface area contributed by atoms with Crippen LogP contribution in [0.5, 0.6) is 0 Å². The van der Waals surface area contributed by atoms with E-state index in [0.717, 1.165) is 0 Å². The summed E-state index contributed by atoms with van der Waals surface area (Å²) in [7, 11) is 0. The molecule has 0 aliphatic rings. The number of rotatable bonds is 4. The quantitative estimate of drug-likeness (QED) is 0.863. The molecule has 0 aliphatic heterocycles. The molecule has 2 aromatic rings. The second-order valence-corrected chi connectivity index (χ2v) is 4.31. The van der Waals surface area contributed by atoms with Gasteiger partial charge in [0.05, 0.1) is 0 Å². The molecule has 0 saturated heterocycles. The van der Waals surface area contributed by atoms with Crippen LogP contribution in [-0.4, -0.2) is 4.98 Å². The number of nitrogens with one attached hydrogen (secondary N) is 1. The van der Waals surface area contributed by atoms with Gasteiger partial charge in [0.1, 0.15) is 0 Å². The van der Waals surface area contributed by atoms with E-state index in [2.05, 4.69) is 54.5 Å². The first-order valence-electron chi connectivity index (χ1n) is 5.98. The summed E-state index contributed by atoms with van der Waals surface area (Å²) in [6.07, 6.45) is 3.71. The molecule has 0 amide bonds. The molecule has 17 heavy (non-hydrogen) atoms. The Hall–Kier alpha value is -1.67. The van der Waals surface area contributed by atoms with Gasteiger partial charge in [-0.1, -0.05) is 36.4 Å². The van der Waals surface area contributed by atoms with Crippen molar-refractivity contribution < 1.29 is 0 Å². The van der Waals surface area contributed by atoms with Gasteiger partial charge in [-0.05, 0) is 31.0 Å². The average molecular weight is 226 g/mol. The van der Waals surface area contributed by atoms with E-state index in [1.165, 1.54) is 11.1 Å². The summed E-state index contributed by atoms with van der Waals surface area (Å²) >= 11 is 0. The van der Waals surface area contributed by atoms with Gasteiger partial charge in [-0.25, -0.2) is 0 Å².